The van der Waals surface area contributed by atoms with E-state index in [0.717, 1.165) is 19.3 Å². The maximum Gasteiger partial charge on any atom is 0.0285 e. The SMILES string of the molecule is CC1(C)CCC(N)(Cc2cc(Br)cs2)CC1. The molecule has 1 aliphatic rings. The lowest BCUT2D eigenvalue weighted by Crippen LogP contribution is -2.46. The standard InChI is InChI=1S/C13H20BrNS/c1-12(2)3-5-13(15,6-4-12)8-11-7-10(14)9-16-11/h7,9H,3-6,8,15H2,1-2H3. The molecule has 0 aliphatic heterocycles. The topological polar surface area (TPSA) is 26.0 Å². The van der Waals surface area contributed by atoms with Gasteiger partial charge in [-0.2, -0.15) is 0 Å². The molecule has 0 unspecified atom stereocenters. The fraction of sp³-hybridized carbons (Fsp3) is 0.692. The zero-order valence-corrected chi connectivity index (χ0v) is 12.5. The van der Waals surface area contributed by atoms with Crippen LogP contribution in [0.25, 0.3) is 0 Å². The van der Waals surface area contributed by atoms with E-state index >= 15 is 0 Å². The van der Waals surface area contributed by atoms with Crippen LogP contribution in [0.1, 0.15) is 44.4 Å². The van der Waals surface area contributed by atoms with E-state index in [0.29, 0.717) is 5.41 Å². The molecule has 90 valence electrons. The molecule has 1 aromatic heterocycles. The van der Waals surface area contributed by atoms with Crippen LogP contribution in [-0.4, -0.2) is 5.54 Å². The summed E-state index contributed by atoms with van der Waals surface area (Å²) in [5, 5.41) is 2.14. The molecule has 0 saturated heterocycles. The van der Waals surface area contributed by atoms with Gasteiger partial charge in [-0.05, 0) is 59.5 Å². The van der Waals surface area contributed by atoms with E-state index in [4.69, 9.17) is 5.73 Å². The minimum Gasteiger partial charge on any atom is -0.325 e. The van der Waals surface area contributed by atoms with Gasteiger partial charge >= 0.3 is 0 Å². The van der Waals surface area contributed by atoms with Crippen LogP contribution in [0, 0.1) is 5.41 Å². The molecule has 0 amide bonds. The third-order valence-corrected chi connectivity index (χ3v) is 5.45. The molecule has 0 aromatic carbocycles. The second kappa shape index (κ2) is 4.43. The molecule has 1 aliphatic carbocycles. The number of hydrogen-bond donors (Lipinski definition) is 1. The van der Waals surface area contributed by atoms with E-state index in [1.165, 1.54) is 22.2 Å². The van der Waals surface area contributed by atoms with Gasteiger partial charge in [0.2, 0.25) is 0 Å². The smallest absolute Gasteiger partial charge is 0.0285 e. The van der Waals surface area contributed by atoms with Crippen LogP contribution < -0.4 is 5.73 Å². The first-order valence-corrected chi connectivity index (χ1v) is 7.58. The Kier molecular flexibility index (Phi) is 3.49. The Labute approximate surface area is 111 Å². The van der Waals surface area contributed by atoms with Crippen LogP contribution in [0.15, 0.2) is 15.9 Å². The Morgan fingerprint density at radius 2 is 1.94 bits per heavy atom. The van der Waals surface area contributed by atoms with Gasteiger partial charge < -0.3 is 5.73 Å². The first-order valence-electron chi connectivity index (χ1n) is 5.90. The van der Waals surface area contributed by atoms with Gasteiger partial charge in [0.25, 0.3) is 0 Å². The van der Waals surface area contributed by atoms with Crippen LogP contribution in [-0.2, 0) is 6.42 Å². The monoisotopic (exact) mass is 301 g/mol. The van der Waals surface area contributed by atoms with Crippen molar-refractivity contribution in [1.82, 2.24) is 0 Å². The quantitative estimate of drug-likeness (QED) is 0.863. The lowest BCUT2D eigenvalue weighted by molar-refractivity contribution is 0.165. The van der Waals surface area contributed by atoms with Gasteiger partial charge in [0.1, 0.15) is 0 Å². The Morgan fingerprint density at radius 3 is 2.44 bits per heavy atom. The fourth-order valence-electron chi connectivity index (χ4n) is 2.39. The summed E-state index contributed by atoms with van der Waals surface area (Å²) in [5.74, 6) is 0. The molecule has 1 fully saturated rings. The van der Waals surface area contributed by atoms with Crippen molar-refractivity contribution in [3.05, 3.63) is 20.8 Å². The molecule has 3 heteroatoms. The van der Waals surface area contributed by atoms with Crippen molar-refractivity contribution >= 4 is 27.3 Å². The zero-order valence-electron chi connectivity index (χ0n) is 10.1. The molecule has 0 spiro atoms. The lowest BCUT2D eigenvalue weighted by atomic mass is 9.68. The normalized spacial score (nSPS) is 23.2. The molecule has 1 nitrogen and oxygen atoms in total. The summed E-state index contributed by atoms with van der Waals surface area (Å²) in [5.41, 5.74) is 7.05. The van der Waals surface area contributed by atoms with E-state index in [2.05, 4.69) is 41.2 Å². The second-order valence-corrected chi connectivity index (χ2v) is 7.85. The molecule has 0 atom stereocenters. The van der Waals surface area contributed by atoms with Gasteiger partial charge in [0.15, 0.2) is 0 Å². The molecular weight excluding hydrogens is 282 g/mol. The number of rotatable bonds is 2. The molecule has 1 saturated carbocycles. The molecule has 1 aromatic rings. The molecule has 1 heterocycles. The first kappa shape index (κ1) is 12.6. The van der Waals surface area contributed by atoms with Crippen LogP contribution in [0.2, 0.25) is 0 Å². The van der Waals surface area contributed by atoms with E-state index in [9.17, 15) is 0 Å². The van der Waals surface area contributed by atoms with Crippen molar-refractivity contribution in [3.8, 4) is 0 Å². The van der Waals surface area contributed by atoms with Crippen LogP contribution in [0.4, 0.5) is 0 Å². The molecule has 16 heavy (non-hydrogen) atoms. The predicted octanol–water partition coefficient (Wildman–Crippen LogP) is 4.35. The highest BCUT2D eigenvalue weighted by Crippen LogP contribution is 2.41. The van der Waals surface area contributed by atoms with Gasteiger partial charge in [-0.3, -0.25) is 0 Å². The van der Waals surface area contributed by atoms with E-state index < -0.39 is 0 Å². The summed E-state index contributed by atoms with van der Waals surface area (Å²) in [6.45, 7) is 4.71. The molecular formula is C13H20BrNS. The van der Waals surface area contributed by atoms with Gasteiger partial charge in [0, 0.05) is 20.3 Å². The molecule has 0 bridgehead atoms. The van der Waals surface area contributed by atoms with Crippen LogP contribution in [0.5, 0.6) is 0 Å². The number of thiophene rings is 1. The molecule has 2 N–H and O–H groups in total. The van der Waals surface area contributed by atoms with Crippen molar-refractivity contribution < 1.29 is 0 Å². The highest BCUT2D eigenvalue weighted by molar-refractivity contribution is 9.10. The van der Waals surface area contributed by atoms with Crippen molar-refractivity contribution in [3.63, 3.8) is 0 Å². The van der Waals surface area contributed by atoms with Gasteiger partial charge in [-0.1, -0.05) is 13.8 Å². The minimum atomic E-state index is 0.0415. The summed E-state index contributed by atoms with van der Waals surface area (Å²) < 4.78 is 1.19. The van der Waals surface area contributed by atoms with Crippen molar-refractivity contribution in [2.24, 2.45) is 11.1 Å². The third-order valence-electron chi connectivity index (χ3n) is 3.75. The van der Waals surface area contributed by atoms with Crippen molar-refractivity contribution in [2.75, 3.05) is 0 Å². The molecule has 0 radical (unpaired) electrons. The van der Waals surface area contributed by atoms with Crippen LogP contribution >= 0.6 is 27.3 Å². The summed E-state index contributed by atoms with van der Waals surface area (Å²) in [4.78, 5) is 1.41. The van der Waals surface area contributed by atoms with Crippen LogP contribution in [0.3, 0.4) is 0 Å². The van der Waals surface area contributed by atoms with Crippen molar-refractivity contribution in [2.45, 2.75) is 51.5 Å². The average Bonchev–Trinajstić information content (AvgIpc) is 2.58. The highest BCUT2D eigenvalue weighted by Gasteiger charge is 2.35. The maximum atomic E-state index is 6.51. The lowest BCUT2D eigenvalue weighted by Gasteiger charge is -2.41. The number of hydrogen-bond acceptors (Lipinski definition) is 2. The Hall–Kier alpha value is 0.140. The zero-order chi connectivity index (χ0) is 11.8. The third kappa shape index (κ3) is 3.08. The largest absolute Gasteiger partial charge is 0.325 e. The van der Waals surface area contributed by atoms with E-state index in [1.807, 2.05) is 11.3 Å². The van der Waals surface area contributed by atoms with Gasteiger partial charge in [-0.25, -0.2) is 0 Å². The predicted molar refractivity (Wildman–Crippen MR) is 74.9 cm³/mol. The number of nitrogens with two attached hydrogens (primary N) is 1. The number of halogens is 1. The summed E-state index contributed by atoms with van der Waals surface area (Å²) in [6, 6.07) is 2.21. The van der Waals surface area contributed by atoms with Gasteiger partial charge in [0.05, 0.1) is 0 Å². The minimum absolute atomic E-state index is 0.0415. The maximum absolute atomic E-state index is 6.51. The highest BCUT2D eigenvalue weighted by atomic mass is 79.9. The van der Waals surface area contributed by atoms with E-state index in [1.54, 1.807) is 0 Å². The Morgan fingerprint density at radius 1 is 1.31 bits per heavy atom. The summed E-state index contributed by atoms with van der Waals surface area (Å²) in [6.07, 6.45) is 5.89. The van der Waals surface area contributed by atoms with E-state index in [-0.39, 0.29) is 5.54 Å². The average molecular weight is 302 g/mol. The van der Waals surface area contributed by atoms with Crippen molar-refractivity contribution in [1.29, 1.82) is 0 Å². The fourth-order valence-corrected chi connectivity index (χ4v) is 4.00. The first-order chi connectivity index (χ1) is 7.39. The Balaban J connectivity index is 1.99. The van der Waals surface area contributed by atoms with Gasteiger partial charge in [-0.15, -0.1) is 11.3 Å². The summed E-state index contributed by atoms with van der Waals surface area (Å²) >= 11 is 5.32. The molecule has 2 rings (SSSR count). The second-order valence-electron chi connectivity index (χ2n) is 5.93. The summed E-state index contributed by atoms with van der Waals surface area (Å²) in [7, 11) is 0. The Bertz CT molecular complexity index is 360.